The van der Waals surface area contributed by atoms with Crippen molar-refractivity contribution >= 4 is 11.0 Å². The van der Waals surface area contributed by atoms with Crippen molar-refractivity contribution in [2.45, 2.75) is 0 Å². The molecule has 0 spiro atoms. The van der Waals surface area contributed by atoms with E-state index in [1.807, 2.05) is 29.8 Å². The Kier molecular flexibility index (Phi) is 1.89. The first-order valence-corrected chi connectivity index (χ1v) is 4.90. The van der Waals surface area contributed by atoms with Gasteiger partial charge in [-0.25, -0.2) is 0 Å². The van der Waals surface area contributed by atoms with Crippen molar-refractivity contribution in [3.05, 3.63) is 36.9 Å². The molecule has 0 saturated heterocycles. The smallest absolute Gasteiger partial charge is 0.163 e. The van der Waals surface area contributed by atoms with Gasteiger partial charge in [0.15, 0.2) is 5.82 Å². The van der Waals surface area contributed by atoms with Gasteiger partial charge in [0.25, 0.3) is 0 Å². The van der Waals surface area contributed by atoms with Gasteiger partial charge in [0.2, 0.25) is 0 Å². The van der Waals surface area contributed by atoms with E-state index in [4.69, 9.17) is 0 Å². The highest BCUT2D eigenvalue weighted by molar-refractivity contribution is 5.79. The number of aromatic nitrogens is 5. The Morgan fingerprint density at radius 1 is 1.06 bits per heavy atom. The molecular formula is C11H9N5. The van der Waals surface area contributed by atoms with Crippen molar-refractivity contribution in [2.75, 3.05) is 0 Å². The fraction of sp³-hybridized carbons (Fsp3) is 0.0909. The average Bonchev–Trinajstić information content (AvgIpc) is 2.75. The number of aryl methyl sites for hydroxylation is 1. The number of benzene rings is 1. The molecule has 5 heteroatoms. The summed E-state index contributed by atoms with van der Waals surface area (Å²) < 4.78 is 1.87. The summed E-state index contributed by atoms with van der Waals surface area (Å²) in [6, 6.07) is 5.87. The summed E-state index contributed by atoms with van der Waals surface area (Å²) in [5.41, 5.74) is 2.74. The monoisotopic (exact) mass is 211 g/mol. The number of nitrogens with zero attached hydrogens (tertiary/aromatic N) is 5. The van der Waals surface area contributed by atoms with Crippen LogP contribution in [0.4, 0.5) is 0 Å². The molecule has 0 radical (unpaired) electrons. The van der Waals surface area contributed by atoms with E-state index < -0.39 is 0 Å². The van der Waals surface area contributed by atoms with E-state index in [1.165, 1.54) is 0 Å². The first-order valence-electron chi connectivity index (χ1n) is 4.90. The van der Waals surface area contributed by atoms with Crippen LogP contribution in [0.3, 0.4) is 0 Å². The SMILES string of the molecule is Cn1cnnc1-c1ccc2nccnc2c1. The molecule has 1 aromatic carbocycles. The largest absolute Gasteiger partial charge is 0.317 e. The second-order valence-electron chi connectivity index (χ2n) is 3.53. The van der Waals surface area contributed by atoms with E-state index in [0.29, 0.717) is 0 Å². The van der Waals surface area contributed by atoms with Gasteiger partial charge in [-0.05, 0) is 18.2 Å². The van der Waals surface area contributed by atoms with Crippen LogP contribution >= 0.6 is 0 Å². The third-order valence-electron chi connectivity index (χ3n) is 2.44. The van der Waals surface area contributed by atoms with Gasteiger partial charge >= 0.3 is 0 Å². The van der Waals surface area contributed by atoms with Crippen LogP contribution in [0.1, 0.15) is 0 Å². The maximum atomic E-state index is 4.26. The van der Waals surface area contributed by atoms with Crippen LogP contribution < -0.4 is 0 Å². The molecule has 0 bridgehead atoms. The molecule has 0 atom stereocenters. The fourth-order valence-electron chi connectivity index (χ4n) is 1.65. The summed E-state index contributed by atoms with van der Waals surface area (Å²) in [5, 5.41) is 7.91. The standard InChI is InChI=1S/C11H9N5/c1-16-7-14-15-11(16)8-2-3-9-10(6-8)13-5-4-12-9/h2-7H,1H3. The van der Waals surface area contributed by atoms with E-state index >= 15 is 0 Å². The number of fused-ring (bicyclic) bond motifs is 1. The third kappa shape index (κ3) is 1.33. The second-order valence-corrected chi connectivity index (χ2v) is 3.53. The summed E-state index contributed by atoms with van der Waals surface area (Å²) in [6.07, 6.45) is 5.04. The van der Waals surface area contributed by atoms with Crippen molar-refractivity contribution in [3.8, 4) is 11.4 Å². The topological polar surface area (TPSA) is 56.5 Å². The quantitative estimate of drug-likeness (QED) is 0.611. The van der Waals surface area contributed by atoms with Crippen LogP contribution in [-0.4, -0.2) is 24.7 Å². The Morgan fingerprint density at radius 2 is 1.88 bits per heavy atom. The van der Waals surface area contributed by atoms with Crippen LogP contribution in [0, 0.1) is 0 Å². The fourth-order valence-corrected chi connectivity index (χ4v) is 1.65. The predicted molar refractivity (Wildman–Crippen MR) is 59.5 cm³/mol. The van der Waals surface area contributed by atoms with Gasteiger partial charge in [-0.3, -0.25) is 9.97 Å². The predicted octanol–water partition coefficient (Wildman–Crippen LogP) is 1.43. The highest BCUT2D eigenvalue weighted by Gasteiger charge is 2.05. The highest BCUT2D eigenvalue weighted by atomic mass is 15.2. The molecule has 78 valence electrons. The minimum Gasteiger partial charge on any atom is -0.317 e. The van der Waals surface area contributed by atoms with E-state index in [0.717, 1.165) is 22.4 Å². The van der Waals surface area contributed by atoms with Crippen molar-refractivity contribution < 1.29 is 0 Å². The summed E-state index contributed by atoms with van der Waals surface area (Å²) >= 11 is 0. The molecule has 0 aliphatic heterocycles. The summed E-state index contributed by atoms with van der Waals surface area (Å²) in [5.74, 6) is 0.826. The van der Waals surface area contributed by atoms with Gasteiger partial charge < -0.3 is 4.57 Å². The molecule has 0 saturated carbocycles. The molecule has 16 heavy (non-hydrogen) atoms. The maximum Gasteiger partial charge on any atom is 0.163 e. The van der Waals surface area contributed by atoms with E-state index in [9.17, 15) is 0 Å². The van der Waals surface area contributed by atoms with E-state index in [2.05, 4.69) is 20.2 Å². The lowest BCUT2D eigenvalue weighted by molar-refractivity contribution is 0.920. The number of rotatable bonds is 1. The Morgan fingerprint density at radius 3 is 2.62 bits per heavy atom. The lowest BCUT2D eigenvalue weighted by Crippen LogP contribution is -1.92. The summed E-state index contributed by atoms with van der Waals surface area (Å²) in [7, 11) is 1.91. The highest BCUT2D eigenvalue weighted by Crippen LogP contribution is 2.19. The average molecular weight is 211 g/mol. The van der Waals surface area contributed by atoms with E-state index in [-0.39, 0.29) is 0 Å². The van der Waals surface area contributed by atoms with Gasteiger partial charge in [0.1, 0.15) is 6.33 Å². The molecule has 0 N–H and O–H groups in total. The van der Waals surface area contributed by atoms with Crippen molar-refractivity contribution in [2.24, 2.45) is 7.05 Å². The minimum absolute atomic E-state index is 0.826. The van der Waals surface area contributed by atoms with Crippen LogP contribution in [-0.2, 0) is 7.05 Å². The van der Waals surface area contributed by atoms with Gasteiger partial charge in [0, 0.05) is 25.0 Å². The third-order valence-corrected chi connectivity index (χ3v) is 2.44. The molecule has 0 unspecified atom stereocenters. The first-order chi connectivity index (χ1) is 7.84. The van der Waals surface area contributed by atoms with Crippen molar-refractivity contribution in [1.29, 1.82) is 0 Å². The Bertz CT molecular complexity index is 643. The summed E-state index contributed by atoms with van der Waals surface area (Å²) in [6.45, 7) is 0. The van der Waals surface area contributed by atoms with Crippen LogP contribution in [0.15, 0.2) is 36.9 Å². The Hall–Kier alpha value is -2.30. The van der Waals surface area contributed by atoms with Crippen LogP contribution in [0.2, 0.25) is 0 Å². The van der Waals surface area contributed by atoms with Gasteiger partial charge in [-0.15, -0.1) is 10.2 Å². The van der Waals surface area contributed by atoms with Gasteiger partial charge in [0.05, 0.1) is 11.0 Å². The molecule has 0 amide bonds. The van der Waals surface area contributed by atoms with Crippen molar-refractivity contribution in [1.82, 2.24) is 24.7 Å². The molecular weight excluding hydrogens is 202 g/mol. The van der Waals surface area contributed by atoms with E-state index in [1.54, 1.807) is 18.7 Å². The number of hydrogen-bond acceptors (Lipinski definition) is 4. The maximum absolute atomic E-state index is 4.26. The second kappa shape index (κ2) is 3.37. The summed E-state index contributed by atoms with van der Waals surface area (Å²) in [4.78, 5) is 8.48. The molecule has 3 aromatic rings. The molecule has 0 aliphatic carbocycles. The lowest BCUT2D eigenvalue weighted by atomic mass is 10.2. The molecule has 2 heterocycles. The van der Waals surface area contributed by atoms with Crippen molar-refractivity contribution in [3.63, 3.8) is 0 Å². The first kappa shape index (κ1) is 8.96. The zero-order chi connectivity index (χ0) is 11.0. The normalized spacial score (nSPS) is 10.8. The molecule has 0 aliphatic rings. The zero-order valence-electron chi connectivity index (χ0n) is 8.70. The Balaban J connectivity index is 2.23. The van der Waals surface area contributed by atoms with Gasteiger partial charge in [-0.2, -0.15) is 0 Å². The molecule has 5 nitrogen and oxygen atoms in total. The minimum atomic E-state index is 0.826. The number of hydrogen-bond donors (Lipinski definition) is 0. The lowest BCUT2D eigenvalue weighted by Gasteiger charge is -2.01. The zero-order valence-corrected chi connectivity index (χ0v) is 8.70. The molecule has 2 aromatic heterocycles. The van der Waals surface area contributed by atoms with Crippen LogP contribution in [0.5, 0.6) is 0 Å². The molecule has 3 rings (SSSR count). The van der Waals surface area contributed by atoms with Crippen LogP contribution in [0.25, 0.3) is 22.4 Å². The van der Waals surface area contributed by atoms with Gasteiger partial charge in [-0.1, -0.05) is 0 Å². The molecule has 0 fully saturated rings. The Labute approximate surface area is 91.8 Å².